The maximum absolute atomic E-state index is 5.53. The minimum absolute atomic E-state index is 0.676. The first kappa shape index (κ1) is 9.46. The number of nitrogens with two attached hydrogens (primary N) is 1. The Labute approximate surface area is 78.4 Å². The monoisotopic (exact) mass is 181 g/mol. The van der Waals surface area contributed by atoms with Gasteiger partial charge in [0.1, 0.15) is 0 Å². The van der Waals surface area contributed by atoms with E-state index in [0.717, 1.165) is 12.1 Å². The predicted molar refractivity (Wildman–Crippen MR) is 56.8 cm³/mol. The lowest BCUT2D eigenvalue weighted by Gasteiger charge is -1.93. The van der Waals surface area contributed by atoms with Crippen LogP contribution < -0.4 is 5.73 Å². The van der Waals surface area contributed by atoms with Gasteiger partial charge in [-0.05, 0) is 25.0 Å². The third kappa shape index (κ3) is 2.45. The molecule has 0 radical (unpaired) electrons. The van der Waals surface area contributed by atoms with Crippen LogP contribution in [-0.4, -0.2) is 5.25 Å². The van der Waals surface area contributed by atoms with Gasteiger partial charge in [-0.2, -0.15) is 0 Å². The van der Waals surface area contributed by atoms with Gasteiger partial charge in [0.15, 0.2) is 0 Å². The Bertz CT molecular complexity index is 247. The van der Waals surface area contributed by atoms with Crippen molar-refractivity contribution in [2.24, 2.45) is 5.73 Å². The summed E-state index contributed by atoms with van der Waals surface area (Å²) in [7, 11) is 0. The summed E-state index contributed by atoms with van der Waals surface area (Å²) in [5.74, 6) is 0. The zero-order valence-electron chi connectivity index (χ0n) is 7.63. The third-order valence-electron chi connectivity index (χ3n) is 1.76. The molecule has 0 aromatic rings. The van der Waals surface area contributed by atoms with Crippen molar-refractivity contribution in [3.8, 4) is 0 Å². The topological polar surface area (TPSA) is 26.0 Å². The van der Waals surface area contributed by atoms with E-state index in [1.165, 1.54) is 10.5 Å². The van der Waals surface area contributed by atoms with Gasteiger partial charge >= 0.3 is 0 Å². The van der Waals surface area contributed by atoms with E-state index in [4.69, 9.17) is 5.73 Å². The lowest BCUT2D eigenvalue weighted by atomic mass is 10.1. The molecule has 0 amide bonds. The molecule has 1 saturated heterocycles. The molecule has 1 heterocycles. The van der Waals surface area contributed by atoms with E-state index in [-0.39, 0.29) is 0 Å². The number of hydrogen-bond acceptors (Lipinski definition) is 2. The van der Waals surface area contributed by atoms with Crippen LogP contribution in [-0.2, 0) is 0 Å². The van der Waals surface area contributed by atoms with Gasteiger partial charge in [0.05, 0.1) is 0 Å². The van der Waals surface area contributed by atoms with E-state index in [9.17, 15) is 0 Å². The molecule has 0 aromatic carbocycles. The van der Waals surface area contributed by atoms with E-state index in [0.29, 0.717) is 5.25 Å². The first-order valence-electron chi connectivity index (χ1n) is 4.08. The van der Waals surface area contributed by atoms with Gasteiger partial charge in [-0.15, -0.1) is 11.8 Å². The van der Waals surface area contributed by atoms with Gasteiger partial charge in [-0.25, -0.2) is 0 Å². The van der Waals surface area contributed by atoms with Crippen molar-refractivity contribution >= 4 is 11.8 Å². The van der Waals surface area contributed by atoms with Crippen molar-refractivity contribution in [3.05, 3.63) is 34.9 Å². The van der Waals surface area contributed by atoms with Crippen molar-refractivity contribution in [1.82, 2.24) is 0 Å². The highest BCUT2D eigenvalue weighted by Crippen LogP contribution is 2.39. The molecule has 0 saturated carbocycles. The summed E-state index contributed by atoms with van der Waals surface area (Å²) < 4.78 is 0. The number of hydrogen-bond donors (Lipinski definition) is 1. The van der Waals surface area contributed by atoms with Crippen molar-refractivity contribution in [2.75, 3.05) is 0 Å². The van der Waals surface area contributed by atoms with E-state index in [1.54, 1.807) is 0 Å². The van der Waals surface area contributed by atoms with Crippen molar-refractivity contribution < 1.29 is 0 Å². The second-order valence-electron chi connectivity index (χ2n) is 3.16. The van der Waals surface area contributed by atoms with Crippen LogP contribution in [0.15, 0.2) is 34.9 Å². The van der Waals surface area contributed by atoms with Crippen molar-refractivity contribution in [2.45, 2.75) is 25.5 Å². The summed E-state index contributed by atoms with van der Waals surface area (Å²) in [4.78, 5) is 1.19. The first-order valence-corrected chi connectivity index (χ1v) is 4.96. The Morgan fingerprint density at radius 2 is 2.42 bits per heavy atom. The molecule has 0 spiro atoms. The largest absolute Gasteiger partial charge is 0.402 e. The van der Waals surface area contributed by atoms with Crippen molar-refractivity contribution in [1.29, 1.82) is 0 Å². The fourth-order valence-electron chi connectivity index (χ4n) is 1.18. The molecular weight excluding hydrogens is 166 g/mol. The lowest BCUT2D eigenvalue weighted by Crippen LogP contribution is -1.89. The fraction of sp³-hybridized carbons (Fsp3) is 0.400. The molecule has 1 unspecified atom stereocenters. The highest BCUT2D eigenvalue weighted by atomic mass is 32.2. The summed E-state index contributed by atoms with van der Waals surface area (Å²) in [5, 5.41) is 0.676. The lowest BCUT2D eigenvalue weighted by molar-refractivity contribution is 0.974. The standard InChI is InChI=1S/C10H15NS/c1-7(11)4-5-10-6-8(2)12-9(10)3/h4-5,8H,3,6,11H2,1-2H3/b7-4-,10-5-. The Balaban J connectivity index is 2.70. The van der Waals surface area contributed by atoms with Gasteiger partial charge < -0.3 is 5.73 Å². The quantitative estimate of drug-likeness (QED) is 0.673. The molecular formula is C10H15NS. The molecule has 2 heteroatoms. The summed E-state index contributed by atoms with van der Waals surface area (Å²) >= 11 is 1.85. The average molecular weight is 181 g/mol. The van der Waals surface area contributed by atoms with Crippen LogP contribution in [0.25, 0.3) is 0 Å². The molecule has 1 rings (SSSR count). The Kier molecular flexibility index (Phi) is 3.04. The minimum Gasteiger partial charge on any atom is -0.402 e. The third-order valence-corrected chi connectivity index (χ3v) is 2.87. The zero-order valence-corrected chi connectivity index (χ0v) is 8.45. The highest BCUT2D eigenvalue weighted by molar-refractivity contribution is 8.04. The first-order chi connectivity index (χ1) is 5.59. The second kappa shape index (κ2) is 3.85. The summed E-state index contributed by atoms with van der Waals surface area (Å²) in [6.45, 7) is 8.10. The Morgan fingerprint density at radius 3 is 2.83 bits per heavy atom. The maximum atomic E-state index is 5.53. The normalized spacial score (nSPS) is 28.5. The molecule has 1 aliphatic heterocycles. The minimum atomic E-state index is 0.676. The van der Waals surface area contributed by atoms with Crippen molar-refractivity contribution in [3.63, 3.8) is 0 Å². The molecule has 2 N–H and O–H groups in total. The molecule has 66 valence electrons. The summed E-state index contributed by atoms with van der Waals surface area (Å²) in [5.41, 5.74) is 7.71. The molecule has 1 fully saturated rings. The average Bonchev–Trinajstić information content (AvgIpc) is 2.26. The Morgan fingerprint density at radius 1 is 1.75 bits per heavy atom. The molecule has 1 nitrogen and oxygen atoms in total. The van der Waals surface area contributed by atoms with E-state index < -0.39 is 0 Å². The van der Waals surface area contributed by atoms with Crippen LogP contribution in [0.5, 0.6) is 0 Å². The van der Waals surface area contributed by atoms with Crippen LogP contribution in [0, 0.1) is 0 Å². The van der Waals surface area contributed by atoms with Gasteiger partial charge in [0.25, 0.3) is 0 Å². The maximum Gasteiger partial charge on any atom is 0.0107 e. The van der Waals surface area contributed by atoms with E-state index >= 15 is 0 Å². The van der Waals surface area contributed by atoms with E-state index in [2.05, 4.69) is 19.6 Å². The summed E-state index contributed by atoms with van der Waals surface area (Å²) in [6.07, 6.45) is 5.14. The number of thioether (sulfide) groups is 1. The highest BCUT2D eigenvalue weighted by Gasteiger charge is 2.18. The van der Waals surface area contributed by atoms with Gasteiger partial charge in [0.2, 0.25) is 0 Å². The molecule has 1 atom stereocenters. The molecule has 0 aliphatic carbocycles. The van der Waals surface area contributed by atoms with E-state index in [1.807, 2.05) is 24.8 Å². The fourth-order valence-corrected chi connectivity index (χ4v) is 2.23. The van der Waals surface area contributed by atoms with Crippen LogP contribution in [0.1, 0.15) is 20.3 Å². The van der Waals surface area contributed by atoms with Crippen LogP contribution in [0.4, 0.5) is 0 Å². The molecule has 12 heavy (non-hydrogen) atoms. The summed E-state index contributed by atoms with van der Waals surface area (Å²) in [6, 6.07) is 0. The molecule has 1 aliphatic rings. The van der Waals surface area contributed by atoms with Gasteiger partial charge in [-0.3, -0.25) is 0 Å². The van der Waals surface area contributed by atoms with Gasteiger partial charge in [0, 0.05) is 15.9 Å². The van der Waals surface area contributed by atoms with Crippen LogP contribution in [0.3, 0.4) is 0 Å². The Hall–Kier alpha value is -0.630. The smallest absolute Gasteiger partial charge is 0.0107 e. The number of allylic oxidation sites excluding steroid dienone is 4. The number of rotatable bonds is 1. The predicted octanol–water partition coefficient (Wildman–Crippen LogP) is 2.81. The van der Waals surface area contributed by atoms with Gasteiger partial charge in [-0.1, -0.05) is 19.6 Å². The zero-order chi connectivity index (χ0) is 9.14. The second-order valence-corrected chi connectivity index (χ2v) is 4.69. The van der Waals surface area contributed by atoms with Crippen LogP contribution >= 0.6 is 11.8 Å². The molecule has 0 bridgehead atoms. The SMILES string of the molecule is C=C1SC(C)C/C1=C/C=C(/C)N. The molecule has 0 aromatic heterocycles. The van der Waals surface area contributed by atoms with Crippen LogP contribution in [0.2, 0.25) is 0 Å².